The minimum absolute atomic E-state index is 0.0115. The monoisotopic (exact) mass is 242 g/mol. The third-order valence-corrected chi connectivity index (χ3v) is 2.56. The van der Waals surface area contributed by atoms with Crippen LogP contribution in [0.1, 0.15) is 11.4 Å². The summed E-state index contributed by atoms with van der Waals surface area (Å²) in [5.41, 5.74) is 5.72. The number of nitrogens with zero attached hydrogens (tertiary/aromatic N) is 4. The summed E-state index contributed by atoms with van der Waals surface area (Å²) in [5.74, 6) is -0.281. The van der Waals surface area contributed by atoms with Gasteiger partial charge in [-0.1, -0.05) is 5.16 Å². The standard InChI is InChI=1S/C6H6N6O3S/c7-5-4-6(12-16(14,15)11-5)8-1-3(10-4)2-9-13/h1-2,13H,(H2,7,11)(H,8,12)/b9-2-. The summed E-state index contributed by atoms with van der Waals surface area (Å²) in [4.78, 5) is 7.66. The van der Waals surface area contributed by atoms with Gasteiger partial charge >= 0.3 is 10.2 Å². The van der Waals surface area contributed by atoms with Crippen LogP contribution in [0.5, 0.6) is 0 Å². The lowest BCUT2D eigenvalue weighted by atomic mass is 10.3. The van der Waals surface area contributed by atoms with Gasteiger partial charge in [-0.2, -0.15) is 8.42 Å². The van der Waals surface area contributed by atoms with Gasteiger partial charge in [-0.25, -0.2) is 14.7 Å². The van der Waals surface area contributed by atoms with Crippen LogP contribution in [0.2, 0.25) is 0 Å². The molecule has 0 unspecified atom stereocenters. The molecule has 0 atom stereocenters. The molecule has 1 aliphatic heterocycles. The fourth-order valence-electron chi connectivity index (χ4n) is 1.10. The fraction of sp³-hybridized carbons (Fsp3) is 0. The van der Waals surface area contributed by atoms with Crippen molar-refractivity contribution in [1.82, 2.24) is 9.97 Å². The molecule has 0 amide bonds. The highest BCUT2D eigenvalue weighted by Crippen LogP contribution is 2.16. The molecular formula is C6H6N6O3S. The smallest absolute Gasteiger partial charge is 0.345 e. The average molecular weight is 242 g/mol. The van der Waals surface area contributed by atoms with Crippen LogP contribution in [-0.4, -0.2) is 35.6 Å². The van der Waals surface area contributed by atoms with Gasteiger partial charge in [-0.3, -0.25) is 0 Å². The quantitative estimate of drug-likeness (QED) is 0.316. The van der Waals surface area contributed by atoms with Gasteiger partial charge in [-0.15, -0.1) is 4.40 Å². The summed E-state index contributed by atoms with van der Waals surface area (Å²) in [6, 6.07) is 0. The Bertz CT molecular complexity index is 592. The summed E-state index contributed by atoms with van der Waals surface area (Å²) in [6.45, 7) is 0. The van der Waals surface area contributed by atoms with E-state index in [1.165, 1.54) is 6.20 Å². The van der Waals surface area contributed by atoms with E-state index in [1.54, 1.807) is 0 Å². The molecular weight excluding hydrogens is 236 g/mol. The first-order valence-electron chi connectivity index (χ1n) is 3.95. The topological polar surface area (TPSA) is 143 Å². The molecule has 2 rings (SSSR count). The second-order valence-electron chi connectivity index (χ2n) is 2.79. The van der Waals surface area contributed by atoms with E-state index in [2.05, 4.69) is 24.2 Å². The molecule has 0 fully saturated rings. The van der Waals surface area contributed by atoms with Crippen LogP contribution in [-0.2, 0) is 10.2 Å². The summed E-state index contributed by atoms with van der Waals surface area (Å²) in [6.07, 6.45) is 2.25. The Morgan fingerprint density at radius 1 is 1.56 bits per heavy atom. The van der Waals surface area contributed by atoms with Crippen molar-refractivity contribution < 1.29 is 13.6 Å². The number of aromatic nitrogens is 2. The lowest BCUT2D eigenvalue weighted by molar-refractivity contribution is 0.321. The zero-order valence-corrected chi connectivity index (χ0v) is 8.51. The normalized spacial score (nSPS) is 17.6. The molecule has 16 heavy (non-hydrogen) atoms. The van der Waals surface area contributed by atoms with Crippen molar-refractivity contribution in [2.45, 2.75) is 0 Å². The highest BCUT2D eigenvalue weighted by Gasteiger charge is 2.23. The van der Waals surface area contributed by atoms with Gasteiger partial charge in [0.2, 0.25) is 0 Å². The van der Waals surface area contributed by atoms with Gasteiger partial charge in [0.05, 0.1) is 12.4 Å². The molecule has 0 bridgehead atoms. The number of nitrogens with two attached hydrogens (primary N) is 1. The van der Waals surface area contributed by atoms with E-state index in [0.717, 1.165) is 6.21 Å². The molecule has 0 saturated carbocycles. The first-order valence-corrected chi connectivity index (χ1v) is 5.39. The molecule has 10 heteroatoms. The third-order valence-electron chi connectivity index (χ3n) is 1.67. The van der Waals surface area contributed by atoms with Crippen LogP contribution >= 0.6 is 0 Å². The maximum absolute atomic E-state index is 11.1. The van der Waals surface area contributed by atoms with Gasteiger partial charge < -0.3 is 10.9 Å². The minimum atomic E-state index is -3.84. The van der Waals surface area contributed by atoms with Crippen molar-refractivity contribution in [1.29, 1.82) is 0 Å². The van der Waals surface area contributed by atoms with Crippen LogP contribution in [0.4, 0.5) is 5.82 Å². The number of oxime groups is 1. The van der Waals surface area contributed by atoms with Crippen molar-refractivity contribution in [2.75, 3.05) is 4.72 Å². The highest BCUT2D eigenvalue weighted by atomic mass is 32.2. The van der Waals surface area contributed by atoms with Crippen LogP contribution < -0.4 is 10.5 Å². The Balaban J connectivity index is 2.58. The Morgan fingerprint density at radius 3 is 3.00 bits per heavy atom. The van der Waals surface area contributed by atoms with E-state index in [0.29, 0.717) is 0 Å². The number of nitrogens with one attached hydrogen (secondary N) is 1. The summed E-state index contributed by atoms with van der Waals surface area (Å²) in [7, 11) is -3.84. The van der Waals surface area contributed by atoms with E-state index in [4.69, 9.17) is 10.9 Å². The predicted molar refractivity (Wildman–Crippen MR) is 54.7 cm³/mol. The molecule has 84 valence electrons. The molecule has 1 aliphatic rings. The SMILES string of the molecule is NC1=NS(=O)(=O)Nc2ncc(/C=N\O)nc21. The Hall–Kier alpha value is -2.23. The van der Waals surface area contributed by atoms with Gasteiger partial charge in [0, 0.05) is 0 Å². The van der Waals surface area contributed by atoms with E-state index in [1.807, 2.05) is 0 Å². The molecule has 0 aromatic carbocycles. The number of amidine groups is 1. The lowest BCUT2D eigenvalue weighted by Gasteiger charge is -2.13. The zero-order valence-electron chi connectivity index (χ0n) is 7.69. The zero-order chi connectivity index (χ0) is 11.8. The van der Waals surface area contributed by atoms with E-state index < -0.39 is 10.2 Å². The van der Waals surface area contributed by atoms with Gasteiger partial charge in [0.1, 0.15) is 5.69 Å². The summed E-state index contributed by atoms with van der Waals surface area (Å²) >= 11 is 0. The largest absolute Gasteiger partial charge is 0.411 e. The second kappa shape index (κ2) is 3.41. The molecule has 0 saturated heterocycles. The van der Waals surface area contributed by atoms with Crippen molar-refractivity contribution in [2.24, 2.45) is 15.3 Å². The summed E-state index contributed by atoms with van der Waals surface area (Å²) < 4.78 is 27.5. The van der Waals surface area contributed by atoms with Gasteiger partial charge in [-0.05, 0) is 0 Å². The molecule has 0 radical (unpaired) electrons. The summed E-state index contributed by atoms with van der Waals surface area (Å²) in [5, 5.41) is 11.1. The molecule has 4 N–H and O–H groups in total. The molecule has 9 nitrogen and oxygen atoms in total. The van der Waals surface area contributed by atoms with Gasteiger partial charge in [0.15, 0.2) is 17.3 Å². The molecule has 1 aromatic rings. The number of hydrogen-bond donors (Lipinski definition) is 3. The third kappa shape index (κ3) is 1.77. The average Bonchev–Trinajstić information content (AvgIpc) is 2.18. The molecule has 1 aromatic heterocycles. The van der Waals surface area contributed by atoms with Crippen molar-refractivity contribution >= 4 is 28.1 Å². The Morgan fingerprint density at radius 2 is 2.31 bits per heavy atom. The van der Waals surface area contributed by atoms with Crippen LogP contribution in [0.3, 0.4) is 0 Å². The second-order valence-corrected chi connectivity index (χ2v) is 4.13. The number of anilines is 1. The first-order chi connectivity index (χ1) is 7.52. The van der Waals surface area contributed by atoms with Gasteiger partial charge in [0.25, 0.3) is 0 Å². The Kier molecular flexibility index (Phi) is 2.20. The highest BCUT2D eigenvalue weighted by molar-refractivity contribution is 7.91. The first kappa shape index (κ1) is 10.3. The van der Waals surface area contributed by atoms with Crippen molar-refractivity contribution in [3.63, 3.8) is 0 Å². The van der Waals surface area contributed by atoms with Crippen LogP contribution in [0.15, 0.2) is 15.8 Å². The van der Waals surface area contributed by atoms with Crippen LogP contribution in [0, 0.1) is 0 Å². The molecule has 2 heterocycles. The lowest BCUT2D eigenvalue weighted by Crippen LogP contribution is -2.28. The maximum atomic E-state index is 11.1. The Labute approximate surface area is 89.9 Å². The molecule has 0 aliphatic carbocycles. The van der Waals surface area contributed by atoms with E-state index >= 15 is 0 Å². The number of hydrogen-bond acceptors (Lipinski definition) is 7. The number of fused-ring (bicyclic) bond motifs is 1. The van der Waals surface area contributed by atoms with Crippen molar-refractivity contribution in [3.05, 3.63) is 17.6 Å². The molecule has 0 spiro atoms. The fourth-order valence-corrected chi connectivity index (χ4v) is 1.88. The van der Waals surface area contributed by atoms with Crippen molar-refractivity contribution in [3.8, 4) is 0 Å². The van der Waals surface area contributed by atoms with Crippen LogP contribution in [0.25, 0.3) is 0 Å². The number of rotatable bonds is 1. The predicted octanol–water partition coefficient (Wildman–Crippen LogP) is -1.34. The van der Waals surface area contributed by atoms with E-state index in [-0.39, 0.29) is 23.0 Å². The maximum Gasteiger partial charge on any atom is 0.345 e. The van der Waals surface area contributed by atoms with E-state index in [9.17, 15) is 8.42 Å². The minimum Gasteiger partial charge on any atom is -0.411 e.